The molecule has 1 unspecified atom stereocenters. The number of carbonyl (C=O) groups is 1. The summed E-state index contributed by atoms with van der Waals surface area (Å²) in [6.45, 7) is 4.25. The van der Waals surface area contributed by atoms with E-state index in [0.717, 1.165) is 11.3 Å². The molecule has 1 atom stereocenters. The van der Waals surface area contributed by atoms with Gasteiger partial charge < -0.3 is 10.6 Å². The van der Waals surface area contributed by atoms with Gasteiger partial charge in [-0.05, 0) is 36.6 Å². The summed E-state index contributed by atoms with van der Waals surface area (Å²) in [6, 6.07) is 16.5. The van der Waals surface area contributed by atoms with Gasteiger partial charge in [0.15, 0.2) is 0 Å². The lowest BCUT2D eigenvalue weighted by molar-refractivity contribution is -0.119. The number of hydrogen-bond donors (Lipinski definition) is 2. The van der Waals surface area contributed by atoms with Crippen LogP contribution in [0.5, 0.6) is 0 Å². The molecular weight excluding hydrogens is 260 g/mol. The zero-order valence-corrected chi connectivity index (χ0v) is 12.8. The molecule has 0 spiro atoms. The van der Waals surface area contributed by atoms with Crippen molar-refractivity contribution < 1.29 is 4.79 Å². The number of carbonyl (C=O) groups excluding carboxylic acids is 1. The van der Waals surface area contributed by atoms with E-state index in [0.29, 0.717) is 6.42 Å². The molecule has 0 radical (unpaired) electrons. The van der Waals surface area contributed by atoms with E-state index in [2.05, 4.69) is 42.7 Å². The van der Waals surface area contributed by atoms with Gasteiger partial charge in [0, 0.05) is 18.8 Å². The van der Waals surface area contributed by atoms with E-state index in [1.807, 2.05) is 30.3 Å². The van der Waals surface area contributed by atoms with Crippen molar-refractivity contribution in [3.05, 3.63) is 65.2 Å². The molecule has 0 aliphatic heterocycles. The lowest BCUT2D eigenvalue weighted by Gasteiger charge is -2.20. The predicted molar refractivity (Wildman–Crippen MR) is 87.4 cm³/mol. The van der Waals surface area contributed by atoms with E-state index in [-0.39, 0.29) is 11.9 Å². The fourth-order valence-corrected chi connectivity index (χ4v) is 2.46. The van der Waals surface area contributed by atoms with Crippen molar-refractivity contribution in [3.63, 3.8) is 0 Å². The summed E-state index contributed by atoms with van der Waals surface area (Å²) in [6.07, 6.45) is 0.389. The van der Waals surface area contributed by atoms with Gasteiger partial charge in [-0.15, -0.1) is 0 Å². The van der Waals surface area contributed by atoms with Crippen molar-refractivity contribution in [1.29, 1.82) is 0 Å². The van der Waals surface area contributed by atoms with E-state index >= 15 is 0 Å². The van der Waals surface area contributed by atoms with Crippen molar-refractivity contribution in [2.45, 2.75) is 26.3 Å². The molecule has 110 valence electrons. The van der Waals surface area contributed by atoms with Crippen molar-refractivity contribution in [1.82, 2.24) is 5.32 Å². The molecule has 0 saturated carbocycles. The maximum Gasteiger partial charge on any atom is 0.224 e. The first-order valence-electron chi connectivity index (χ1n) is 7.22. The number of anilines is 1. The SMILES string of the molecule is CNC(=O)Cc1ccccc1NC(C)c1ccccc1C. The topological polar surface area (TPSA) is 41.1 Å². The number of likely N-dealkylation sites (N-methyl/N-ethyl adjacent to an activating group) is 1. The molecule has 3 heteroatoms. The molecule has 0 aliphatic carbocycles. The molecule has 2 aromatic carbocycles. The van der Waals surface area contributed by atoms with Crippen LogP contribution in [0.2, 0.25) is 0 Å². The van der Waals surface area contributed by atoms with E-state index in [1.54, 1.807) is 7.05 Å². The molecule has 2 aromatic rings. The molecule has 0 aromatic heterocycles. The van der Waals surface area contributed by atoms with Crippen LogP contribution in [0.4, 0.5) is 5.69 Å². The second-order valence-corrected chi connectivity index (χ2v) is 5.23. The molecule has 21 heavy (non-hydrogen) atoms. The highest BCUT2D eigenvalue weighted by molar-refractivity contribution is 5.80. The van der Waals surface area contributed by atoms with Gasteiger partial charge in [0.1, 0.15) is 0 Å². The van der Waals surface area contributed by atoms with Crippen LogP contribution in [0, 0.1) is 6.92 Å². The van der Waals surface area contributed by atoms with Crippen LogP contribution in [0.3, 0.4) is 0 Å². The lowest BCUT2D eigenvalue weighted by Crippen LogP contribution is -2.21. The maximum absolute atomic E-state index is 11.6. The van der Waals surface area contributed by atoms with Gasteiger partial charge >= 0.3 is 0 Å². The van der Waals surface area contributed by atoms with E-state index in [1.165, 1.54) is 11.1 Å². The number of para-hydroxylation sites is 1. The largest absolute Gasteiger partial charge is 0.378 e. The Bertz CT molecular complexity index is 622. The number of hydrogen-bond acceptors (Lipinski definition) is 2. The van der Waals surface area contributed by atoms with Crippen molar-refractivity contribution in [3.8, 4) is 0 Å². The smallest absolute Gasteiger partial charge is 0.224 e. The third-order valence-corrected chi connectivity index (χ3v) is 3.67. The molecular formula is C18H22N2O. The molecule has 0 aliphatic rings. The van der Waals surface area contributed by atoms with Gasteiger partial charge in [0.2, 0.25) is 5.91 Å². The molecule has 1 amide bonds. The Labute approximate surface area is 126 Å². The summed E-state index contributed by atoms with van der Waals surface area (Å²) in [5.41, 5.74) is 4.56. The second-order valence-electron chi connectivity index (χ2n) is 5.23. The first-order valence-corrected chi connectivity index (χ1v) is 7.22. The third kappa shape index (κ3) is 3.85. The molecule has 0 heterocycles. The van der Waals surface area contributed by atoms with E-state index < -0.39 is 0 Å². The summed E-state index contributed by atoms with van der Waals surface area (Å²) in [5, 5.41) is 6.19. The Morgan fingerprint density at radius 3 is 2.48 bits per heavy atom. The number of benzene rings is 2. The van der Waals surface area contributed by atoms with Crippen LogP contribution in [-0.2, 0) is 11.2 Å². The third-order valence-electron chi connectivity index (χ3n) is 3.67. The van der Waals surface area contributed by atoms with E-state index in [9.17, 15) is 4.79 Å². The Morgan fingerprint density at radius 2 is 1.76 bits per heavy atom. The highest BCUT2D eigenvalue weighted by Gasteiger charge is 2.11. The van der Waals surface area contributed by atoms with Gasteiger partial charge in [-0.25, -0.2) is 0 Å². The standard InChI is InChI=1S/C18H22N2O/c1-13-8-4-6-10-16(13)14(2)20-17-11-7-5-9-15(17)12-18(21)19-3/h4-11,14,20H,12H2,1-3H3,(H,19,21). The van der Waals surface area contributed by atoms with Gasteiger partial charge in [-0.2, -0.15) is 0 Å². The highest BCUT2D eigenvalue weighted by atomic mass is 16.1. The fraction of sp³-hybridized carbons (Fsp3) is 0.278. The zero-order chi connectivity index (χ0) is 15.2. The average molecular weight is 282 g/mol. The van der Waals surface area contributed by atoms with Crippen LogP contribution in [0.1, 0.15) is 29.7 Å². The minimum Gasteiger partial charge on any atom is -0.378 e. The van der Waals surface area contributed by atoms with Gasteiger partial charge in [-0.3, -0.25) is 4.79 Å². The first-order chi connectivity index (χ1) is 10.1. The number of rotatable bonds is 5. The van der Waals surface area contributed by atoms with Crippen LogP contribution in [0.25, 0.3) is 0 Å². The molecule has 0 fully saturated rings. The summed E-state index contributed by atoms with van der Waals surface area (Å²) in [4.78, 5) is 11.6. The van der Waals surface area contributed by atoms with Crippen LogP contribution in [0.15, 0.2) is 48.5 Å². The van der Waals surface area contributed by atoms with E-state index in [4.69, 9.17) is 0 Å². The number of aryl methyl sites for hydroxylation is 1. The second kappa shape index (κ2) is 6.93. The van der Waals surface area contributed by atoms with Crippen molar-refractivity contribution >= 4 is 11.6 Å². The normalized spacial score (nSPS) is 11.8. The molecule has 2 N–H and O–H groups in total. The Morgan fingerprint density at radius 1 is 1.10 bits per heavy atom. The summed E-state index contributed by atoms with van der Waals surface area (Å²) in [5.74, 6) is 0.0211. The van der Waals surface area contributed by atoms with Gasteiger partial charge in [-0.1, -0.05) is 42.5 Å². The average Bonchev–Trinajstić information content (AvgIpc) is 2.49. The molecule has 0 bridgehead atoms. The number of nitrogens with one attached hydrogen (secondary N) is 2. The molecule has 0 saturated heterocycles. The van der Waals surface area contributed by atoms with Crippen molar-refractivity contribution in [2.24, 2.45) is 0 Å². The van der Waals surface area contributed by atoms with Crippen LogP contribution < -0.4 is 10.6 Å². The minimum atomic E-state index is 0.0211. The highest BCUT2D eigenvalue weighted by Crippen LogP contribution is 2.24. The quantitative estimate of drug-likeness (QED) is 0.882. The summed E-state index contributed by atoms with van der Waals surface area (Å²) >= 11 is 0. The maximum atomic E-state index is 11.6. The predicted octanol–water partition coefficient (Wildman–Crippen LogP) is 3.46. The Balaban J connectivity index is 2.19. The van der Waals surface area contributed by atoms with Gasteiger partial charge in [0.05, 0.1) is 6.42 Å². The molecule has 3 nitrogen and oxygen atoms in total. The summed E-state index contributed by atoms with van der Waals surface area (Å²) in [7, 11) is 1.66. The fourth-order valence-electron chi connectivity index (χ4n) is 2.46. The molecule has 2 rings (SSSR count). The van der Waals surface area contributed by atoms with Crippen LogP contribution >= 0.6 is 0 Å². The van der Waals surface area contributed by atoms with Gasteiger partial charge in [0.25, 0.3) is 0 Å². The monoisotopic (exact) mass is 282 g/mol. The minimum absolute atomic E-state index is 0.0211. The van der Waals surface area contributed by atoms with Crippen LogP contribution in [-0.4, -0.2) is 13.0 Å². The zero-order valence-electron chi connectivity index (χ0n) is 12.8. The lowest BCUT2D eigenvalue weighted by atomic mass is 10.0. The number of amides is 1. The first kappa shape index (κ1) is 15.1. The Hall–Kier alpha value is -2.29. The van der Waals surface area contributed by atoms with Crippen molar-refractivity contribution in [2.75, 3.05) is 12.4 Å². The Kier molecular flexibility index (Phi) is 4.99. The summed E-state index contributed by atoms with van der Waals surface area (Å²) < 4.78 is 0.